The van der Waals surface area contributed by atoms with Crippen LogP contribution in [0.2, 0.25) is 0 Å². The lowest BCUT2D eigenvalue weighted by atomic mass is 9.43. The molecule has 34 heavy (non-hydrogen) atoms. The van der Waals surface area contributed by atoms with Crippen molar-refractivity contribution in [1.29, 1.82) is 0 Å². The van der Waals surface area contributed by atoms with E-state index < -0.39 is 11.7 Å². The molecule has 7 heteroatoms. The van der Waals surface area contributed by atoms with E-state index in [1.165, 1.54) is 0 Å². The fourth-order valence-electron chi connectivity index (χ4n) is 9.35. The van der Waals surface area contributed by atoms with Crippen molar-refractivity contribution in [3.8, 4) is 0 Å². The molecule has 0 unspecified atom stereocenters. The number of carbonyl (C=O) groups excluding carboxylic acids is 1. The fourth-order valence-corrected chi connectivity index (χ4v) is 9.35. The zero-order chi connectivity index (χ0) is 24.3. The molecule has 0 bridgehead atoms. The molecular formula is C27H41NO6. The summed E-state index contributed by atoms with van der Waals surface area (Å²) in [6.45, 7) is 5.45. The number of carboxylic acid groups (broad SMARTS) is 1. The molecule has 8 atom stereocenters. The second-order valence-corrected chi connectivity index (χ2v) is 12.3. The average molecular weight is 476 g/mol. The average Bonchev–Trinajstić information content (AvgIpc) is 3.34. The number of esters is 1. The lowest BCUT2D eigenvalue weighted by Gasteiger charge is -2.64. The smallest absolute Gasteiger partial charge is 0.407 e. The molecule has 7 nitrogen and oxygen atoms in total. The topological polar surface area (TPSA) is 107 Å². The summed E-state index contributed by atoms with van der Waals surface area (Å²) in [4.78, 5) is 25.2. The number of hydrogen-bond donors (Lipinski definition) is 3. The van der Waals surface area contributed by atoms with Crippen LogP contribution in [0.5, 0.6) is 0 Å². The largest absolute Gasteiger partial charge is 0.465 e. The molecule has 3 N–H and O–H groups in total. The Balaban J connectivity index is 1.35. The van der Waals surface area contributed by atoms with Crippen molar-refractivity contribution in [3.63, 3.8) is 0 Å². The first-order chi connectivity index (χ1) is 16.1. The van der Waals surface area contributed by atoms with Gasteiger partial charge in [0.2, 0.25) is 0 Å². The molecule has 4 aliphatic carbocycles. The minimum absolute atomic E-state index is 0.0108. The minimum atomic E-state index is -0.876. The molecule has 0 radical (unpaired) electrons. The maximum absolute atomic E-state index is 12.3. The van der Waals surface area contributed by atoms with Crippen LogP contribution in [0, 0.1) is 34.5 Å². The predicted molar refractivity (Wildman–Crippen MR) is 126 cm³/mol. The summed E-state index contributed by atoms with van der Waals surface area (Å²) in [5, 5.41) is 31.3. The van der Waals surface area contributed by atoms with Crippen LogP contribution in [0.1, 0.15) is 78.1 Å². The lowest BCUT2D eigenvalue weighted by Crippen LogP contribution is -2.63. The Morgan fingerprint density at radius 1 is 1.12 bits per heavy atom. The van der Waals surface area contributed by atoms with Gasteiger partial charge in [-0.1, -0.05) is 13.8 Å². The first kappa shape index (κ1) is 24.1. The van der Waals surface area contributed by atoms with Crippen LogP contribution in [-0.2, 0) is 9.53 Å². The fraction of sp³-hybridized carbons (Fsp3) is 0.852. The van der Waals surface area contributed by atoms with Gasteiger partial charge in [0.25, 0.3) is 0 Å². The summed E-state index contributed by atoms with van der Waals surface area (Å²) in [7, 11) is 0. The molecule has 1 amide bonds. The van der Waals surface area contributed by atoms with Crippen molar-refractivity contribution < 1.29 is 29.6 Å². The van der Waals surface area contributed by atoms with Gasteiger partial charge in [-0.3, -0.25) is 0 Å². The number of aliphatic hydroxyl groups excluding tert-OH is 1. The molecule has 1 aliphatic heterocycles. The Morgan fingerprint density at radius 2 is 1.91 bits per heavy atom. The van der Waals surface area contributed by atoms with E-state index in [-0.39, 0.29) is 41.3 Å². The minimum Gasteiger partial charge on any atom is -0.465 e. The second kappa shape index (κ2) is 8.51. The first-order valence-corrected chi connectivity index (χ1v) is 13.3. The molecule has 0 aromatic rings. The summed E-state index contributed by atoms with van der Waals surface area (Å²) in [6, 6.07) is 0.0262. The van der Waals surface area contributed by atoms with Gasteiger partial charge in [-0.25, -0.2) is 9.59 Å². The Morgan fingerprint density at radius 3 is 2.59 bits per heavy atom. The molecular weight excluding hydrogens is 434 g/mol. The SMILES string of the molecule is C[C@]12CC[C@H](N(CCCO)C(=O)O)C[C@H]1CC[C@@H]1[C@@H]2CC[C@]2(C)[C@@H](C3=CC(=O)OC3)CC[C@]12O. The zero-order valence-electron chi connectivity index (χ0n) is 20.7. The van der Waals surface area contributed by atoms with E-state index in [0.717, 1.165) is 63.4 Å². The number of cyclic esters (lactones) is 1. The van der Waals surface area contributed by atoms with Crippen molar-refractivity contribution in [2.24, 2.45) is 34.5 Å². The van der Waals surface area contributed by atoms with E-state index in [9.17, 15) is 24.9 Å². The normalized spacial score (nSPS) is 45.6. The first-order valence-electron chi connectivity index (χ1n) is 13.3. The number of nitrogens with zero attached hydrogens (tertiary/aromatic N) is 1. The maximum Gasteiger partial charge on any atom is 0.407 e. The van der Waals surface area contributed by atoms with E-state index in [1.807, 2.05) is 0 Å². The molecule has 1 heterocycles. The zero-order valence-corrected chi connectivity index (χ0v) is 20.7. The van der Waals surface area contributed by atoms with Crippen LogP contribution in [0.15, 0.2) is 11.6 Å². The van der Waals surface area contributed by atoms with Gasteiger partial charge in [-0.2, -0.15) is 0 Å². The van der Waals surface area contributed by atoms with Gasteiger partial charge in [0.1, 0.15) is 6.61 Å². The van der Waals surface area contributed by atoms with Crippen molar-refractivity contribution in [2.45, 2.75) is 89.7 Å². The summed E-state index contributed by atoms with van der Waals surface area (Å²) in [6.07, 6.45) is 9.81. The van der Waals surface area contributed by atoms with Crippen molar-refractivity contribution in [2.75, 3.05) is 19.8 Å². The number of hydrogen-bond acceptors (Lipinski definition) is 5. The standard InChI is InChI=1S/C27H41NO6/c1-25-9-6-19(28(24(31)32)12-3-13-29)15-18(25)4-5-22-21(25)7-10-26(2)20(8-11-27(22,26)33)17-14-23(30)34-16-17/h14,18-22,29,33H,3-13,15-16H2,1-2H3,(H,31,32)/t18-,19+,20-,21+,22-,25+,26-,27+/m1/s1. The molecule has 0 saturated heterocycles. The van der Waals surface area contributed by atoms with Crippen LogP contribution in [0.3, 0.4) is 0 Å². The van der Waals surface area contributed by atoms with Crippen molar-refractivity contribution in [1.82, 2.24) is 4.90 Å². The van der Waals surface area contributed by atoms with Crippen molar-refractivity contribution in [3.05, 3.63) is 11.6 Å². The van der Waals surface area contributed by atoms with E-state index in [2.05, 4.69) is 13.8 Å². The van der Waals surface area contributed by atoms with E-state index in [4.69, 9.17) is 4.74 Å². The van der Waals surface area contributed by atoms with E-state index >= 15 is 0 Å². The number of rotatable bonds is 5. The van der Waals surface area contributed by atoms with Crippen LogP contribution >= 0.6 is 0 Å². The van der Waals surface area contributed by atoms with E-state index in [1.54, 1.807) is 11.0 Å². The van der Waals surface area contributed by atoms with E-state index in [0.29, 0.717) is 31.4 Å². The Hall–Kier alpha value is -1.60. The molecule has 4 saturated carbocycles. The molecule has 5 rings (SSSR count). The Bertz CT molecular complexity index is 873. The van der Waals surface area contributed by atoms with Gasteiger partial charge in [-0.05, 0) is 98.9 Å². The van der Waals surface area contributed by atoms with Gasteiger partial charge in [0.15, 0.2) is 0 Å². The van der Waals surface area contributed by atoms with Gasteiger partial charge in [0.05, 0.1) is 5.60 Å². The second-order valence-electron chi connectivity index (χ2n) is 12.3. The van der Waals surface area contributed by atoms with Crippen LogP contribution < -0.4 is 0 Å². The highest BCUT2D eigenvalue weighted by Gasteiger charge is 2.67. The van der Waals surface area contributed by atoms with Crippen LogP contribution in [0.25, 0.3) is 0 Å². The molecule has 5 aliphatic rings. The highest BCUT2D eigenvalue weighted by molar-refractivity contribution is 5.85. The molecule has 0 spiro atoms. The predicted octanol–water partition coefficient (Wildman–Crippen LogP) is 3.97. The molecule has 0 aromatic heterocycles. The van der Waals surface area contributed by atoms with Gasteiger partial charge in [0, 0.05) is 30.7 Å². The molecule has 190 valence electrons. The molecule has 0 aromatic carbocycles. The Kier molecular flexibility index (Phi) is 6.03. The summed E-state index contributed by atoms with van der Waals surface area (Å²) >= 11 is 0. The highest BCUT2D eigenvalue weighted by atomic mass is 16.5. The third-order valence-electron chi connectivity index (χ3n) is 11.2. The number of ether oxygens (including phenoxy) is 1. The maximum atomic E-state index is 12.3. The quantitative estimate of drug-likeness (QED) is 0.519. The van der Waals surface area contributed by atoms with Crippen LogP contribution in [-0.4, -0.2) is 63.7 Å². The van der Waals surface area contributed by atoms with Gasteiger partial charge in [-0.15, -0.1) is 0 Å². The summed E-state index contributed by atoms with van der Waals surface area (Å²) < 4.78 is 5.23. The van der Waals surface area contributed by atoms with Gasteiger partial charge < -0.3 is 25.0 Å². The molecule has 4 fully saturated rings. The van der Waals surface area contributed by atoms with Crippen LogP contribution in [0.4, 0.5) is 4.79 Å². The third-order valence-corrected chi connectivity index (χ3v) is 11.2. The number of aliphatic hydroxyl groups is 2. The Labute approximate surface area is 202 Å². The number of carbonyl (C=O) groups is 2. The monoisotopic (exact) mass is 475 g/mol. The van der Waals surface area contributed by atoms with Gasteiger partial charge >= 0.3 is 12.1 Å². The lowest BCUT2D eigenvalue weighted by molar-refractivity contribution is -0.206. The summed E-state index contributed by atoms with van der Waals surface area (Å²) in [5.41, 5.74) is 0.255. The third kappa shape index (κ3) is 3.44. The highest BCUT2D eigenvalue weighted by Crippen LogP contribution is 2.70. The summed E-state index contributed by atoms with van der Waals surface area (Å²) in [5.74, 6) is 1.15. The number of fused-ring (bicyclic) bond motifs is 5. The number of amides is 1. The van der Waals surface area contributed by atoms with Crippen molar-refractivity contribution >= 4 is 12.1 Å².